The molecule has 1 fully saturated rings. The van der Waals surface area contributed by atoms with Gasteiger partial charge < -0.3 is 10.3 Å². The lowest BCUT2D eigenvalue weighted by Gasteiger charge is -2.10. The quantitative estimate of drug-likeness (QED) is 0.912. The molecule has 2 aromatic heterocycles. The molecule has 3 rings (SSSR count). The molecule has 21 heavy (non-hydrogen) atoms. The third-order valence-electron chi connectivity index (χ3n) is 4.62. The lowest BCUT2D eigenvalue weighted by atomic mass is 10.1. The molecular weight excluding hydrogens is 282 g/mol. The van der Waals surface area contributed by atoms with Crippen LogP contribution in [-0.4, -0.2) is 16.5 Å². The lowest BCUT2D eigenvalue weighted by molar-refractivity contribution is 0.467. The Balaban J connectivity index is 1.69. The number of thiophene rings is 1. The zero-order valence-electron chi connectivity index (χ0n) is 13.0. The predicted molar refractivity (Wildman–Crippen MR) is 87.9 cm³/mol. The highest BCUT2D eigenvalue weighted by molar-refractivity contribution is 7.18. The third kappa shape index (κ3) is 3.04. The zero-order chi connectivity index (χ0) is 15.0. The first kappa shape index (κ1) is 14.7. The summed E-state index contributed by atoms with van der Waals surface area (Å²) < 4.78 is 0. The van der Waals surface area contributed by atoms with Gasteiger partial charge in [-0.1, -0.05) is 13.3 Å². The lowest BCUT2D eigenvalue weighted by Crippen LogP contribution is -2.24. The number of fused-ring (bicyclic) bond motifs is 1. The summed E-state index contributed by atoms with van der Waals surface area (Å²) in [4.78, 5) is 21.7. The summed E-state index contributed by atoms with van der Waals surface area (Å²) in [5.74, 6) is 2.39. The van der Waals surface area contributed by atoms with Gasteiger partial charge in [0.15, 0.2) is 0 Å². The molecule has 2 atom stereocenters. The highest BCUT2D eigenvalue weighted by Crippen LogP contribution is 2.29. The Bertz CT molecular complexity index is 703. The second-order valence-electron chi connectivity index (χ2n) is 6.39. The van der Waals surface area contributed by atoms with E-state index in [9.17, 15) is 4.79 Å². The zero-order valence-corrected chi connectivity index (χ0v) is 13.8. The summed E-state index contributed by atoms with van der Waals surface area (Å²) in [6.07, 6.45) is 3.99. The molecule has 1 aliphatic carbocycles. The summed E-state index contributed by atoms with van der Waals surface area (Å²) in [5, 5.41) is 4.20. The molecule has 2 N–H and O–H groups in total. The van der Waals surface area contributed by atoms with Crippen LogP contribution in [0.15, 0.2) is 4.79 Å². The van der Waals surface area contributed by atoms with Crippen LogP contribution in [0, 0.1) is 25.7 Å². The van der Waals surface area contributed by atoms with Gasteiger partial charge >= 0.3 is 0 Å². The summed E-state index contributed by atoms with van der Waals surface area (Å²) in [5.41, 5.74) is 1.05. The van der Waals surface area contributed by atoms with E-state index in [1.165, 1.54) is 24.1 Å². The molecule has 2 unspecified atom stereocenters. The molecule has 2 aromatic rings. The van der Waals surface area contributed by atoms with E-state index in [2.05, 4.69) is 22.2 Å². The van der Waals surface area contributed by atoms with Crippen molar-refractivity contribution in [1.29, 1.82) is 0 Å². The normalized spacial score (nSPS) is 22.2. The van der Waals surface area contributed by atoms with Gasteiger partial charge in [-0.3, -0.25) is 4.79 Å². The van der Waals surface area contributed by atoms with E-state index in [0.717, 1.165) is 40.0 Å². The number of nitrogens with zero attached hydrogens (tertiary/aromatic N) is 1. The predicted octanol–water partition coefficient (Wildman–Crippen LogP) is 3.13. The first-order valence-electron chi connectivity index (χ1n) is 7.74. The number of hydrogen-bond acceptors (Lipinski definition) is 4. The second kappa shape index (κ2) is 5.89. The molecule has 1 aliphatic rings. The second-order valence-corrected chi connectivity index (χ2v) is 7.59. The van der Waals surface area contributed by atoms with Crippen LogP contribution in [-0.2, 0) is 6.54 Å². The molecule has 0 radical (unpaired) electrons. The first-order valence-corrected chi connectivity index (χ1v) is 8.56. The summed E-state index contributed by atoms with van der Waals surface area (Å²) in [6.45, 7) is 8.03. The van der Waals surface area contributed by atoms with Crippen LogP contribution in [0.1, 0.15) is 42.5 Å². The topological polar surface area (TPSA) is 57.8 Å². The van der Waals surface area contributed by atoms with Crippen molar-refractivity contribution in [3.63, 3.8) is 0 Å². The number of aromatic amines is 1. The summed E-state index contributed by atoms with van der Waals surface area (Å²) in [7, 11) is 0. The Hall–Kier alpha value is -1.20. The highest BCUT2D eigenvalue weighted by atomic mass is 32.1. The molecule has 114 valence electrons. The Morgan fingerprint density at radius 3 is 2.90 bits per heavy atom. The van der Waals surface area contributed by atoms with Gasteiger partial charge in [0.2, 0.25) is 0 Å². The summed E-state index contributed by atoms with van der Waals surface area (Å²) >= 11 is 1.61. The Kier molecular flexibility index (Phi) is 4.13. The summed E-state index contributed by atoms with van der Waals surface area (Å²) in [6, 6.07) is 0. The van der Waals surface area contributed by atoms with Crippen LogP contribution >= 0.6 is 11.3 Å². The minimum absolute atomic E-state index is 0.00635. The van der Waals surface area contributed by atoms with Crippen LogP contribution in [0.5, 0.6) is 0 Å². The molecule has 2 heterocycles. The van der Waals surface area contributed by atoms with E-state index < -0.39 is 0 Å². The maximum Gasteiger partial charge on any atom is 0.259 e. The Morgan fingerprint density at radius 1 is 1.38 bits per heavy atom. The molecule has 0 saturated heterocycles. The first-order chi connectivity index (χ1) is 10.0. The molecular formula is C16H23N3OS. The van der Waals surface area contributed by atoms with Gasteiger partial charge in [-0.2, -0.15) is 0 Å². The standard InChI is InChI=1S/C16H23N3OS/c1-9-4-5-12(6-9)7-17-8-13-18-15(20)14-10(2)11(3)21-16(14)19-13/h9,12,17H,4-8H2,1-3H3,(H,18,19,20). The largest absolute Gasteiger partial charge is 0.310 e. The van der Waals surface area contributed by atoms with E-state index >= 15 is 0 Å². The van der Waals surface area contributed by atoms with Crippen LogP contribution < -0.4 is 10.9 Å². The molecule has 4 nitrogen and oxygen atoms in total. The molecule has 0 spiro atoms. The molecule has 0 aromatic carbocycles. The van der Waals surface area contributed by atoms with E-state index in [1.807, 2.05) is 13.8 Å². The van der Waals surface area contributed by atoms with Gasteiger partial charge in [-0.15, -0.1) is 11.3 Å². The van der Waals surface area contributed by atoms with Gasteiger partial charge in [0.25, 0.3) is 5.56 Å². The Labute approximate surface area is 129 Å². The highest BCUT2D eigenvalue weighted by Gasteiger charge is 2.20. The molecule has 1 saturated carbocycles. The van der Waals surface area contributed by atoms with Crippen LogP contribution in [0.3, 0.4) is 0 Å². The number of aromatic nitrogens is 2. The average molecular weight is 305 g/mol. The van der Waals surface area contributed by atoms with E-state index in [4.69, 9.17) is 0 Å². The molecule has 0 aliphatic heterocycles. The number of hydrogen-bond donors (Lipinski definition) is 2. The van der Waals surface area contributed by atoms with Gasteiger partial charge in [0.05, 0.1) is 11.9 Å². The Morgan fingerprint density at radius 2 is 2.19 bits per heavy atom. The van der Waals surface area contributed by atoms with Crippen molar-refractivity contribution < 1.29 is 0 Å². The van der Waals surface area contributed by atoms with Crippen molar-refractivity contribution in [2.45, 2.75) is 46.6 Å². The number of H-pyrrole nitrogens is 1. The van der Waals surface area contributed by atoms with E-state index in [1.54, 1.807) is 11.3 Å². The van der Waals surface area contributed by atoms with Gasteiger partial charge in [0, 0.05) is 4.88 Å². The van der Waals surface area contributed by atoms with Crippen LogP contribution in [0.4, 0.5) is 0 Å². The number of nitrogens with one attached hydrogen (secondary N) is 2. The molecule has 0 bridgehead atoms. The SMILES string of the molecule is Cc1sc2nc(CNCC3CCC(C)C3)[nH]c(=O)c2c1C. The maximum absolute atomic E-state index is 12.2. The fourth-order valence-electron chi connectivity index (χ4n) is 3.29. The fraction of sp³-hybridized carbons (Fsp3) is 0.625. The fourth-order valence-corrected chi connectivity index (χ4v) is 4.34. The van der Waals surface area contributed by atoms with Gasteiger partial charge in [0.1, 0.15) is 10.7 Å². The smallest absolute Gasteiger partial charge is 0.259 e. The van der Waals surface area contributed by atoms with Crippen molar-refractivity contribution in [1.82, 2.24) is 15.3 Å². The van der Waals surface area contributed by atoms with Crippen molar-refractivity contribution in [2.24, 2.45) is 11.8 Å². The van der Waals surface area contributed by atoms with Gasteiger partial charge in [-0.05, 0) is 50.6 Å². The van der Waals surface area contributed by atoms with Crippen molar-refractivity contribution in [3.8, 4) is 0 Å². The third-order valence-corrected chi connectivity index (χ3v) is 5.72. The minimum atomic E-state index is -0.00635. The van der Waals surface area contributed by atoms with E-state index in [-0.39, 0.29) is 5.56 Å². The van der Waals surface area contributed by atoms with Crippen molar-refractivity contribution >= 4 is 21.6 Å². The maximum atomic E-state index is 12.2. The van der Waals surface area contributed by atoms with Crippen molar-refractivity contribution in [3.05, 3.63) is 26.6 Å². The average Bonchev–Trinajstić information content (AvgIpc) is 2.95. The number of rotatable bonds is 4. The van der Waals surface area contributed by atoms with Crippen LogP contribution in [0.25, 0.3) is 10.2 Å². The minimum Gasteiger partial charge on any atom is -0.310 e. The van der Waals surface area contributed by atoms with Crippen LogP contribution in [0.2, 0.25) is 0 Å². The number of aryl methyl sites for hydroxylation is 2. The van der Waals surface area contributed by atoms with Crippen molar-refractivity contribution in [2.75, 3.05) is 6.54 Å². The molecule has 0 amide bonds. The van der Waals surface area contributed by atoms with E-state index in [0.29, 0.717) is 6.54 Å². The monoisotopic (exact) mass is 305 g/mol. The molecule has 5 heteroatoms. The van der Waals surface area contributed by atoms with Gasteiger partial charge in [-0.25, -0.2) is 4.98 Å².